The second-order valence-corrected chi connectivity index (χ2v) is 4.88. The van der Waals surface area contributed by atoms with Gasteiger partial charge in [-0.2, -0.15) is 0 Å². The summed E-state index contributed by atoms with van der Waals surface area (Å²) < 4.78 is 5.10. The van der Waals surface area contributed by atoms with Crippen molar-refractivity contribution in [3.05, 3.63) is 62.9 Å². The molecule has 19 heavy (non-hydrogen) atoms. The summed E-state index contributed by atoms with van der Waals surface area (Å²) >= 11 is 17.4. The van der Waals surface area contributed by atoms with Crippen LogP contribution in [0, 0.1) is 0 Å². The van der Waals surface area contributed by atoms with Crippen molar-refractivity contribution in [2.24, 2.45) is 0 Å². The molecule has 0 spiro atoms. The second kappa shape index (κ2) is 6.24. The Morgan fingerprint density at radius 2 is 1.74 bits per heavy atom. The number of benzene rings is 1. The quantitative estimate of drug-likeness (QED) is 0.622. The maximum atomic E-state index is 11.8. The van der Waals surface area contributed by atoms with Crippen molar-refractivity contribution in [1.29, 1.82) is 0 Å². The molecule has 2 rings (SSSR count). The van der Waals surface area contributed by atoms with E-state index < -0.39 is 5.97 Å². The number of hydrogen-bond acceptors (Lipinski definition) is 3. The van der Waals surface area contributed by atoms with Gasteiger partial charge in [-0.15, -0.1) is 0 Å². The molecule has 2 aromatic rings. The number of nitrogens with zero attached hydrogens (tertiary/aromatic N) is 1. The molecule has 0 unspecified atom stereocenters. The summed E-state index contributed by atoms with van der Waals surface area (Å²) in [6, 6.07) is 9.55. The first-order valence-corrected chi connectivity index (χ1v) is 6.43. The number of ether oxygens (including phenoxy) is 1. The average molecular weight is 317 g/mol. The predicted octanol–water partition coefficient (Wildman–Crippen LogP) is 4.40. The molecule has 0 bridgehead atoms. The molecule has 1 heterocycles. The van der Waals surface area contributed by atoms with Crippen LogP contribution in [0.25, 0.3) is 0 Å². The van der Waals surface area contributed by atoms with E-state index in [0.717, 1.165) is 0 Å². The highest BCUT2D eigenvalue weighted by atomic mass is 35.5. The number of pyridine rings is 1. The highest BCUT2D eigenvalue weighted by molar-refractivity contribution is 6.32. The van der Waals surface area contributed by atoms with Crippen molar-refractivity contribution in [3.63, 3.8) is 0 Å². The maximum Gasteiger partial charge on any atom is 0.338 e. The van der Waals surface area contributed by atoms with E-state index >= 15 is 0 Å². The van der Waals surface area contributed by atoms with E-state index in [4.69, 9.17) is 39.5 Å². The first-order chi connectivity index (χ1) is 9.06. The Morgan fingerprint density at radius 1 is 1.05 bits per heavy atom. The second-order valence-electron chi connectivity index (χ2n) is 3.65. The van der Waals surface area contributed by atoms with Crippen molar-refractivity contribution >= 4 is 40.8 Å². The minimum Gasteiger partial charge on any atom is -0.456 e. The van der Waals surface area contributed by atoms with Crippen molar-refractivity contribution in [2.75, 3.05) is 0 Å². The SMILES string of the molecule is O=C(OCc1nc(Cl)ccc1Cl)c1ccc(Cl)cc1. The molecule has 0 amide bonds. The molecule has 3 nitrogen and oxygen atoms in total. The minimum absolute atomic E-state index is 0.0408. The van der Waals surface area contributed by atoms with E-state index in [1.54, 1.807) is 36.4 Å². The lowest BCUT2D eigenvalue weighted by Crippen LogP contribution is -2.06. The summed E-state index contributed by atoms with van der Waals surface area (Å²) in [7, 11) is 0. The van der Waals surface area contributed by atoms with Gasteiger partial charge in [0.15, 0.2) is 0 Å². The normalized spacial score (nSPS) is 10.3. The van der Waals surface area contributed by atoms with Crippen molar-refractivity contribution in [3.8, 4) is 0 Å². The fraction of sp³-hybridized carbons (Fsp3) is 0.0769. The van der Waals surface area contributed by atoms with Gasteiger partial charge in [0.05, 0.1) is 16.3 Å². The van der Waals surface area contributed by atoms with Crippen molar-refractivity contribution < 1.29 is 9.53 Å². The van der Waals surface area contributed by atoms with Crippen molar-refractivity contribution in [1.82, 2.24) is 4.98 Å². The number of halogens is 3. The van der Waals surface area contributed by atoms with Crippen LogP contribution in [0.3, 0.4) is 0 Å². The van der Waals surface area contributed by atoms with Crippen molar-refractivity contribution in [2.45, 2.75) is 6.61 Å². The molecule has 0 radical (unpaired) electrons. The van der Waals surface area contributed by atoms with E-state index in [0.29, 0.717) is 26.5 Å². The molecule has 0 N–H and O–H groups in total. The molecule has 1 aromatic heterocycles. The van der Waals surface area contributed by atoms with Gasteiger partial charge in [-0.25, -0.2) is 9.78 Å². The standard InChI is InChI=1S/C13H8Cl3NO2/c14-9-3-1-8(2-4-9)13(18)19-7-11-10(15)5-6-12(16)17-11/h1-6H,7H2. The molecule has 0 saturated heterocycles. The van der Waals surface area contributed by atoms with Gasteiger partial charge in [0.25, 0.3) is 0 Å². The third-order valence-corrected chi connectivity index (χ3v) is 3.11. The lowest BCUT2D eigenvalue weighted by molar-refractivity contribution is 0.0468. The van der Waals surface area contributed by atoms with E-state index in [9.17, 15) is 4.79 Å². The lowest BCUT2D eigenvalue weighted by Gasteiger charge is -2.06. The fourth-order valence-corrected chi connectivity index (χ4v) is 1.81. The summed E-state index contributed by atoms with van der Waals surface area (Å²) in [6.45, 7) is -0.0408. The third-order valence-electron chi connectivity index (χ3n) is 2.30. The van der Waals surface area contributed by atoms with Gasteiger partial charge in [0, 0.05) is 5.02 Å². The van der Waals surface area contributed by atoms with E-state index in [1.165, 1.54) is 0 Å². The van der Waals surface area contributed by atoms with Gasteiger partial charge in [-0.05, 0) is 36.4 Å². The van der Waals surface area contributed by atoms with Gasteiger partial charge < -0.3 is 4.74 Å². The summed E-state index contributed by atoms with van der Waals surface area (Å²) in [5, 5.41) is 1.24. The Kier molecular flexibility index (Phi) is 4.64. The van der Waals surface area contributed by atoms with Crippen LogP contribution in [0.2, 0.25) is 15.2 Å². The zero-order valence-corrected chi connectivity index (χ0v) is 11.8. The van der Waals surface area contributed by atoms with Gasteiger partial charge >= 0.3 is 5.97 Å². The fourth-order valence-electron chi connectivity index (χ4n) is 1.36. The molecular weight excluding hydrogens is 309 g/mol. The Balaban J connectivity index is 2.04. The molecule has 0 aliphatic carbocycles. The van der Waals surface area contributed by atoms with Crippen LogP contribution >= 0.6 is 34.8 Å². The zero-order valence-electron chi connectivity index (χ0n) is 9.57. The number of carbonyl (C=O) groups excluding carboxylic acids is 1. The topological polar surface area (TPSA) is 39.2 Å². The van der Waals surface area contributed by atoms with E-state index in [2.05, 4.69) is 4.98 Å². The molecule has 1 aromatic carbocycles. The highest BCUT2D eigenvalue weighted by Gasteiger charge is 2.10. The van der Waals surface area contributed by atoms with Crippen LogP contribution in [0.5, 0.6) is 0 Å². The summed E-state index contributed by atoms with van der Waals surface area (Å²) in [6.07, 6.45) is 0. The lowest BCUT2D eigenvalue weighted by atomic mass is 10.2. The predicted molar refractivity (Wildman–Crippen MR) is 74.8 cm³/mol. The molecule has 98 valence electrons. The van der Waals surface area contributed by atoms with E-state index in [1.807, 2.05) is 0 Å². The minimum atomic E-state index is -0.477. The van der Waals surface area contributed by atoms with Crippen LogP contribution in [0.1, 0.15) is 16.1 Å². The molecule has 0 atom stereocenters. The molecule has 6 heteroatoms. The van der Waals surface area contributed by atoms with Gasteiger partial charge in [-0.3, -0.25) is 0 Å². The Morgan fingerprint density at radius 3 is 2.42 bits per heavy atom. The maximum absolute atomic E-state index is 11.8. The molecule has 0 saturated carbocycles. The number of hydrogen-bond donors (Lipinski definition) is 0. The number of rotatable bonds is 3. The first-order valence-electron chi connectivity index (χ1n) is 5.30. The summed E-state index contributed by atoms with van der Waals surface area (Å²) in [5.41, 5.74) is 0.819. The smallest absolute Gasteiger partial charge is 0.338 e. The van der Waals surface area contributed by atoms with Gasteiger partial charge in [-0.1, -0.05) is 34.8 Å². The highest BCUT2D eigenvalue weighted by Crippen LogP contribution is 2.18. The number of aromatic nitrogens is 1. The molecule has 0 fully saturated rings. The number of carbonyl (C=O) groups is 1. The van der Waals surface area contributed by atoms with E-state index in [-0.39, 0.29) is 6.61 Å². The van der Waals surface area contributed by atoms with Crippen LogP contribution in [-0.2, 0) is 11.3 Å². The summed E-state index contributed by atoms with van der Waals surface area (Å²) in [4.78, 5) is 15.7. The summed E-state index contributed by atoms with van der Waals surface area (Å²) in [5.74, 6) is -0.477. The molecule has 0 aliphatic heterocycles. The van der Waals surface area contributed by atoms with Crippen LogP contribution in [0.4, 0.5) is 0 Å². The zero-order chi connectivity index (χ0) is 13.8. The largest absolute Gasteiger partial charge is 0.456 e. The number of esters is 1. The van der Waals surface area contributed by atoms with Crippen LogP contribution < -0.4 is 0 Å². The average Bonchev–Trinajstić information content (AvgIpc) is 2.40. The van der Waals surface area contributed by atoms with Gasteiger partial charge in [0.2, 0.25) is 0 Å². The molecular formula is C13H8Cl3NO2. The van der Waals surface area contributed by atoms with Crippen LogP contribution in [-0.4, -0.2) is 11.0 Å². The Bertz CT molecular complexity index is 599. The van der Waals surface area contributed by atoms with Gasteiger partial charge in [0.1, 0.15) is 11.8 Å². The first kappa shape index (κ1) is 14.1. The van der Waals surface area contributed by atoms with Crippen LogP contribution in [0.15, 0.2) is 36.4 Å². The Hall–Kier alpha value is -1.29. The molecule has 0 aliphatic rings. The Labute approximate surface area is 125 Å². The third kappa shape index (κ3) is 3.83. The monoisotopic (exact) mass is 315 g/mol.